The van der Waals surface area contributed by atoms with Crippen LogP contribution >= 0.6 is 15.9 Å². The van der Waals surface area contributed by atoms with Gasteiger partial charge in [0, 0.05) is 15.9 Å². The smallest absolute Gasteiger partial charge is 0.336 e. The standard InChI is InChI=1S/C13H11BrO2/c1-3-8(2)11-7-13(15)16-12-6-9(14)4-5-10(11)12/h4-7H,2-3H2,1H3. The highest BCUT2D eigenvalue weighted by atomic mass is 79.9. The summed E-state index contributed by atoms with van der Waals surface area (Å²) in [5.74, 6) is 0. The lowest BCUT2D eigenvalue weighted by atomic mass is 10.0. The molecule has 0 N–H and O–H groups in total. The molecule has 0 aliphatic carbocycles. The summed E-state index contributed by atoms with van der Waals surface area (Å²) in [7, 11) is 0. The summed E-state index contributed by atoms with van der Waals surface area (Å²) in [5.41, 5.74) is 2.07. The zero-order valence-corrected chi connectivity index (χ0v) is 10.5. The number of fused-ring (bicyclic) bond motifs is 1. The zero-order chi connectivity index (χ0) is 11.7. The Labute approximate surface area is 102 Å². The van der Waals surface area contributed by atoms with Crippen LogP contribution in [0.25, 0.3) is 16.5 Å². The number of allylic oxidation sites excluding steroid dienone is 1. The van der Waals surface area contributed by atoms with E-state index in [1.807, 2.05) is 19.1 Å². The van der Waals surface area contributed by atoms with Crippen molar-refractivity contribution in [3.05, 3.63) is 51.3 Å². The number of benzene rings is 1. The Morgan fingerprint density at radius 2 is 2.19 bits per heavy atom. The fraction of sp³-hybridized carbons (Fsp3) is 0.154. The molecule has 1 heterocycles. The molecular weight excluding hydrogens is 268 g/mol. The molecule has 82 valence electrons. The predicted molar refractivity (Wildman–Crippen MR) is 69.5 cm³/mol. The molecule has 2 nitrogen and oxygen atoms in total. The Hall–Kier alpha value is -1.35. The summed E-state index contributed by atoms with van der Waals surface area (Å²) in [6, 6.07) is 7.15. The van der Waals surface area contributed by atoms with Crippen LogP contribution in [0.2, 0.25) is 0 Å². The van der Waals surface area contributed by atoms with Gasteiger partial charge >= 0.3 is 5.63 Å². The van der Waals surface area contributed by atoms with Gasteiger partial charge in [-0.05, 0) is 35.8 Å². The van der Waals surface area contributed by atoms with Crippen LogP contribution in [0.1, 0.15) is 18.9 Å². The van der Waals surface area contributed by atoms with Crippen LogP contribution in [0.15, 0.2) is 44.5 Å². The SMILES string of the molecule is C=C(CC)c1cc(=O)oc2cc(Br)ccc12. The van der Waals surface area contributed by atoms with Crippen LogP contribution in [-0.4, -0.2) is 0 Å². The monoisotopic (exact) mass is 278 g/mol. The Balaban J connectivity index is 2.83. The average Bonchev–Trinajstić information content (AvgIpc) is 2.26. The van der Waals surface area contributed by atoms with Gasteiger partial charge in [-0.25, -0.2) is 4.79 Å². The van der Waals surface area contributed by atoms with Crippen LogP contribution in [0, 0.1) is 0 Å². The Morgan fingerprint density at radius 1 is 1.44 bits per heavy atom. The minimum Gasteiger partial charge on any atom is -0.423 e. The van der Waals surface area contributed by atoms with Gasteiger partial charge in [0.2, 0.25) is 0 Å². The largest absolute Gasteiger partial charge is 0.423 e. The Morgan fingerprint density at radius 3 is 2.88 bits per heavy atom. The van der Waals surface area contributed by atoms with Crippen molar-refractivity contribution >= 4 is 32.5 Å². The van der Waals surface area contributed by atoms with Gasteiger partial charge in [0.05, 0.1) is 0 Å². The summed E-state index contributed by atoms with van der Waals surface area (Å²) in [5, 5.41) is 0.926. The van der Waals surface area contributed by atoms with Gasteiger partial charge in [0.15, 0.2) is 0 Å². The molecule has 16 heavy (non-hydrogen) atoms. The highest BCUT2D eigenvalue weighted by Crippen LogP contribution is 2.26. The lowest BCUT2D eigenvalue weighted by Gasteiger charge is -2.06. The van der Waals surface area contributed by atoms with E-state index in [2.05, 4.69) is 22.5 Å². The van der Waals surface area contributed by atoms with Gasteiger partial charge in [-0.2, -0.15) is 0 Å². The van der Waals surface area contributed by atoms with E-state index in [1.165, 1.54) is 6.07 Å². The molecule has 1 aromatic carbocycles. The van der Waals surface area contributed by atoms with Crippen LogP contribution in [0.5, 0.6) is 0 Å². The van der Waals surface area contributed by atoms with Gasteiger partial charge in [-0.15, -0.1) is 0 Å². The molecule has 2 rings (SSSR count). The first-order valence-corrected chi connectivity index (χ1v) is 5.82. The predicted octanol–water partition coefficient (Wildman–Crippen LogP) is 3.98. The molecule has 1 aromatic heterocycles. The molecule has 0 atom stereocenters. The first-order valence-electron chi connectivity index (χ1n) is 5.03. The van der Waals surface area contributed by atoms with Crippen LogP contribution in [0.3, 0.4) is 0 Å². The maximum atomic E-state index is 11.4. The molecule has 0 radical (unpaired) electrons. The molecule has 0 amide bonds. The zero-order valence-electron chi connectivity index (χ0n) is 8.92. The van der Waals surface area contributed by atoms with E-state index >= 15 is 0 Å². The molecule has 3 heteroatoms. The van der Waals surface area contributed by atoms with Gasteiger partial charge < -0.3 is 4.42 Å². The maximum absolute atomic E-state index is 11.4. The normalized spacial score (nSPS) is 10.6. The molecule has 0 aliphatic rings. The fourth-order valence-corrected chi connectivity index (χ4v) is 1.96. The second kappa shape index (κ2) is 4.26. The van der Waals surface area contributed by atoms with Crippen molar-refractivity contribution in [2.45, 2.75) is 13.3 Å². The molecule has 0 aliphatic heterocycles. The second-order valence-corrected chi connectivity index (χ2v) is 4.49. The molecule has 0 saturated carbocycles. The Bertz CT molecular complexity index is 611. The van der Waals surface area contributed by atoms with Crippen LogP contribution in [0.4, 0.5) is 0 Å². The molecule has 0 saturated heterocycles. The van der Waals surface area contributed by atoms with Gasteiger partial charge in [0.1, 0.15) is 5.58 Å². The van der Waals surface area contributed by atoms with Crippen molar-refractivity contribution in [3.8, 4) is 0 Å². The highest BCUT2D eigenvalue weighted by molar-refractivity contribution is 9.10. The summed E-state index contributed by atoms with van der Waals surface area (Å²) in [4.78, 5) is 11.4. The molecule has 0 fully saturated rings. The van der Waals surface area contributed by atoms with Crippen molar-refractivity contribution in [2.24, 2.45) is 0 Å². The molecule has 0 unspecified atom stereocenters. The van der Waals surface area contributed by atoms with Crippen molar-refractivity contribution in [3.63, 3.8) is 0 Å². The van der Waals surface area contributed by atoms with Crippen LogP contribution in [-0.2, 0) is 0 Å². The summed E-state index contributed by atoms with van der Waals surface area (Å²) >= 11 is 3.35. The molecular formula is C13H11BrO2. The third-order valence-corrected chi connectivity index (χ3v) is 3.01. The van der Waals surface area contributed by atoms with Crippen molar-refractivity contribution in [1.82, 2.24) is 0 Å². The average molecular weight is 279 g/mol. The second-order valence-electron chi connectivity index (χ2n) is 3.58. The lowest BCUT2D eigenvalue weighted by Crippen LogP contribution is -1.99. The minimum absolute atomic E-state index is 0.338. The first kappa shape index (κ1) is 11.1. The van der Waals surface area contributed by atoms with Crippen molar-refractivity contribution in [2.75, 3.05) is 0 Å². The summed E-state index contributed by atoms with van der Waals surface area (Å²) in [6.45, 7) is 5.98. The number of rotatable bonds is 2. The fourth-order valence-electron chi connectivity index (χ4n) is 1.62. The maximum Gasteiger partial charge on any atom is 0.336 e. The van der Waals surface area contributed by atoms with E-state index in [4.69, 9.17) is 4.42 Å². The topological polar surface area (TPSA) is 30.2 Å². The number of halogens is 1. The van der Waals surface area contributed by atoms with Gasteiger partial charge in [0.25, 0.3) is 0 Å². The minimum atomic E-state index is -0.338. The van der Waals surface area contributed by atoms with E-state index in [0.29, 0.717) is 5.58 Å². The van der Waals surface area contributed by atoms with E-state index in [1.54, 1.807) is 6.07 Å². The van der Waals surface area contributed by atoms with Crippen molar-refractivity contribution in [1.29, 1.82) is 0 Å². The molecule has 0 bridgehead atoms. The third kappa shape index (κ3) is 1.95. The number of hydrogen-bond acceptors (Lipinski definition) is 2. The Kier molecular flexibility index (Phi) is 2.97. The summed E-state index contributed by atoms with van der Waals surface area (Å²) < 4.78 is 6.04. The first-order chi connectivity index (χ1) is 7.61. The highest BCUT2D eigenvalue weighted by Gasteiger charge is 2.07. The van der Waals surface area contributed by atoms with E-state index in [-0.39, 0.29) is 5.63 Å². The van der Waals surface area contributed by atoms with Gasteiger partial charge in [-0.3, -0.25) is 0 Å². The van der Waals surface area contributed by atoms with Crippen molar-refractivity contribution < 1.29 is 4.42 Å². The third-order valence-electron chi connectivity index (χ3n) is 2.51. The van der Waals surface area contributed by atoms with Crippen LogP contribution < -0.4 is 5.63 Å². The number of hydrogen-bond donors (Lipinski definition) is 0. The van der Waals surface area contributed by atoms with E-state index < -0.39 is 0 Å². The molecule has 0 spiro atoms. The van der Waals surface area contributed by atoms with E-state index in [9.17, 15) is 4.79 Å². The summed E-state index contributed by atoms with van der Waals surface area (Å²) in [6.07, 6.45) is 0.814. The quantitative estimate of drug-likeness (QED) is 0.778. The van der Waals surface area contributed by atoms with E-state index in [0.717, 1.165) is 27.4 Å². The molecule has 2 aromatic rings. The van der Waals surface area contributed by atoms with Gasteiger partial charge in [-0.1, -0.05) is 29.4 Å². The lowest BCUT2D eigenvalue weighted by molar-refractivity contribution is 0.560.